The van der Waals surface area contributed by atoms with Crippen molar-refractivity contribution in [2.75, 3.05) is 0 Å². The van der Waals surface area contributed by atoms with Gasteiger partial charge >= 0.3 is 11.6 Å². The molecule has 0 bridgehead atoms. The molecule has 0 radical (unpaired) electrons. The van der Waals surface area contributed by atoms with Crippen molar-refractivity contribution in [3.8, 4) is 0 Å². The number of carboxylic acid groups (broad SMARTS) is 1. The molecule has 2 aromatic rings. The molecule has 0 aliphatic carbocycles. The molecule has 2 rings (SSSR count). The molecule has 1 atom stereocenters. The smallest absolute Gasteiger partial charge is 0.349 e. The molecule has 0 aliphatic heterocycles. The Hall–Kier alpha value is -2.63. The van der Waals surface area contributed by atoms with Crippen molar-refractivity contribution in [3.63, 3.8) is 0 Å². The fourth-order valence-corrected chi connectivity index (χ4v) is 2.15. The number of hydrogen-bond acceptors (Lipinski definition) is 4. The van der Waals surface area contributed by atoms with Crippen LogP contribution in [-0.4, -0.2) is 23.0 Å². The maximum atomic E-state index is 12.2. The van der Waals surface area contributed by atoms with Crippen LogP contribution in [-0.2, 0) is 4.79 Å². The normalized spacial score (nSPS) is 12.3. The quantitative estimate of drug-likeness (QED) is 0.824. The van der Waals surface area contributed by atoms with Gasteiger partial charge in [0.05, 0.1) is 0 Å². The fraction of sp³-hybridized carbons (Fsp3) is 0.312. The molecule has 0 spiro atoms. The summed E-state index contributed by atoms with van der Waals surface area (Å²) in [7, 11) is 0. The number of aliphatic carboxylic acids is 1. The van der Waals surface area contributed by atoms with Crippen LogP contribution >= 0.6 is 0 Å². The van der Waals surface area contributed by atoms with Gasteiger partial charge in [-0.1, -0.05) is 32.0 Å². The highest BCUT2D eigenvalue weighted by atomic mass is 16.4. The molecular formula is C16H17NO5. The molecule has 0 saturated heterocycles. The zero-order chi connectivity index (χ0) is 16.3. The summed E-state index contributed by atoms with van der Waals surface area (Å²) in [6.45, 7) is 3.71. The highest BCUT2D eigenvalue weighted by Crippen LogP contribution is 2.13. The zero-order valence-corrected chi connectivity index (χ0v) is 12.3. The van der Waals surface area contributed by atoms with E-state index < -0.39 is 23.5 Å². The molecule has 1 heterocycles. The lowest BCUT2D eigenvalue weighted by Crippen LogP contribution is -2.42. The second kappa shape index (κ2) is 6.43. The van der Waals surface area contributed by atoms with Gasteiger partial charge in [-0.3, -0.25) is 4.79 Å². The topological polar surface area (TPSA) is 96.6 Å². The van der Waals surface area contributed by atoms with Crippen LogP contribution in [0.4, 0.5) is 0 Å². The summed E-state index contributed by atoms with van der Waals surface area (Å²) < 4.78 is 5.07. The second-order valence-electron chi connectivity index (χ2n) is 5.48. The zero-order valence-electron chi connectivity index (χ0n) is 12.3. The Morgan fingerprint density at radius 3 is 2.59 bits per heavy atom. The maximum absolute atomic E-state index is 12.2. The van der Waals surface area contributed by atoms with Crippen molar-refractivity contribution in [1.29, 1.82) is 0 Å². The molecule has 6 heteroatoms. The first-order chi connectivity index (χ1) is 10.4. The largest absolute Gasteiger partial charge is 0.480 e. The standard InChI is InChI=1S/C16H17NO5/c1-9(2)7-12(15(19)20)17-14(18)11-8-10-5-3-4-6-13(10)22-16(11)21/h3-6,8-9,12H,7H2,1-2H3,(H,17,18)(H,19,20). The molecule has 0 fully saturated rings. The van der Waals surface area contributed by atoms with E-state index in [0.29, 0.717) is 11.0 Å². The van der Waals surface area contributed by atoms with Crippen LogP contribution in [0.3, 0.4) is 0 Å². The van der Waals surface area contributed by atoms with Crippen LogP contribution in [0.1, 0.15) is 30.6 Å². The SMILES string of the molecule is CC(C)CC(NC(=O)c1cc2ccccc2oc1=O)C(=O)O. The number of hydrogen-bond donors (Lipinski definition) is 2. The van der Waals surface area contributed by atoms with Gasteiger partial charge < -0.3 is 14.8 Å². The number of rotatable bonds is 5. The van der Waals surface area contributed by atoms with E-state index in [0.717, 1.165) is 0 Å². The molecule has 6 nitrogen and oxygen atoms in total. The Kier molecular flexibility index (Phi) is 4.60. The summed E-state index contributed by atoms with van der Waals surface area (Å²) in [4.78, 5) is 35.2. The summed E-state index contributed by atoms with van der Waals surface area (Å²) >= 11 is 0. The van der Waals surface area contributed by atoms with Crippen molar-refractivity contribution in [1.82, 2.24) is 5.32 Å². The molecule has 22 heavy (non-hydrogen) atoms. The van der Waals surface area contributed by atoms with Crippen molar-refractivity contribution in [3.05, 3.63) is 46.3 Å². The Labute approximate surface area is 126 Å². The third-order valence-electron chi connectivity index (χ3n) is 3.20. The number of para-hydroxylation sites is 1. The van der Waals surface area contributed by atoms with Gasteiger partial charge in [0.1, 0.15) is 17.2 Å². The van der Waals surface area contributed by atoms with Crippen LogP contribution in [0.5, 0.6) is 0 Å². The predicted octanol–water partition coefficient (Wildman–Crippen LogP) is 2.02. The van der Waals surface area contributed by atoms with Gasteiger partial charge in [0, 0.05) is 5.39 Å². The lowest BCUT2D eigenvalue weighted by Gasteiger charge is -2.16. The third-order valence-corrected chi connectivity index (χ3v) is 3.20. The van der Waals surface area contributed by atoms with Gasteiger partial charge in [-0.05, 0) is 24.5 Å². The van der Waals surface area contributed by atoms with E-state index in [4.69, 9.17) is 9.52 Å². The van der Waals surface area contributed by atoms with E-state index in [2.05, 4.69) is 5.32 Å². The van der Waals surface area contributed by atoms with E-state index >= 15 is 0 Å². The number of nitrogens with one attached hydrogen (secondary N) is 1. The van der Waals surface area contributed by atoms with Crippen LogP contribution in [0.2, 0.25) is 0 Å². The van der Waals surface area contributed by atoms with Crippen molar-refractivity contribution < 1.29 is 19.1 Å². The van der Waals surface area contributed by atoms with Gasteiger partial charge in [-0.2, -0.15) is 0 Å². The fourth-order valence-electron chi connectivity index (χ4n) is 2.15. The molecule has 1 amide bonds. The Bertz CT molecular complexity index is 762. The summed E-state index contributed by atoms with van der Waals surface area (Å²) in [5.41, 5.74) is -0.611. The Balaban J connectivity index is 2.30. The summed E-state index contributed by atoms with van der Waals surface area (Å²) in [6, 6.07) is 7.16. The first kappa shape index (κ1) is 15.8. The highest BCUT2D eigenvalue weighted by Gasteiger charge is 2.23. The van der Waals surface area contributed by atoms with Crippen LogP contribution < -0.4 is 10.9 Å². The van der Waals surface area contributed by atoms with Crippen molar-refractivity contribution in [2.45, 2.75) is 26.3 Å². The Morgan fingerprint density at radius 2 is 1.95 bits per heavy atom. The lowest BCUT2D eigenvalue weighted by atomic mass is 10.0. The first-order valence-electron chi connectivity index (χ1n) is 6.95. The lowest BCUT2D eigenvalue weighted by molar-refractivity contribution is -0.139. The summed E-state index contributed by atoms with van der Waals surface area (Å²) in [5.74, 6) is -1.78. The summed E-state index contributed by atoms with van der Waals surface area (Å²) in [6.07, 6.45) is 0.278. The molecule has 2 N–H and O–H groups in total. The van der Waals surface area contributed by atoms with E-state index in [1.165, 1.54) is 6.07 Å². The molecule has 1 unspecified atom stereocenters. The molecular weight excluding hydrogens is 286 g/mol. The van der Waals surface area contributed by atoms with Gasteiger partial charge in [0.15, 0.2) is 0 Å². The van der Waals surface area contributed by atoms with Gasteiger partial charge in [0.25, 0.3) is 5.91 Å². The minimum Gasteiger partial charge on any atom is -0.480 e. The van der Waals surface area contributed by atoms with Crippen molar-refractivity contribution in [2.24, 2.45) is 5.92 Å². The molecule has 116 valence electrons. The van der Waals surface area contributed by atoms with Crippen LogP contribution in [0, 0.1) is 5.92 Å². The van der Waals surface area contributed by atoms with Crippen LogP contribution in [0.25, 0.3) is 11.0 Å². The Morgan fingerprint density at radius 1 is 1.27 bits per heavy atom. The first-order valence-corrected chi connectivity index (χ1v) is 6.95. The number of fused-ring (bicyclic) bond motifs is 1. The number of carbonyl (C=O) groups is 2. The molecule has 0 saturated carbocycles. The number of amides is 1. The molecule has 0 aliphatic rings. The monoisotopic (exact) mass is 303 g/mol. The van der Waals surface area contributed by atoms with E-state index in [9.17, 15) is 14.4 Å². The second-order valence-corrected chi connectivity index (χ2v) is 5.48. The minimum absolute atomic E-state index is 0.0920. The van der Waals surface area contributed by atoms with Crippen LogP contribution in [0.15, 0.2) is 39.5 Å². The average Bonchev–Trinajstić information content (AvgIpc) is 2.45. The third kappa shape index (κ3) is 3.52. The van der Waals surface area contributed by atoms with E-state index in [-0.39, 0.29) is 17.9 Å². The molecule has 1 aromatic heterocycles. The number of carboxylic acids is 1. The van der Waals surface area contributed by atoms with Gasteiger partial charge in [-0.15, -0.1) is 0 Å². The van der Waals surface area contributed by atoms with E-state index in [1.54, 1.807) is 24.3 Å². The summed E-state index contributed by atoms with van der Waals surface area (Å²) in [5, 5.41) is 12.1. The van der Waals surface area contributed by atoms with E-state index in [1.807, 2.05) is 13.8 Å². The minimum atomic E-state index is -1.13. The predicted molar refractivity (Wildman–Crippen MR) is 80.8 cm³/mol. The van der Waals surface area contributed by atoms with Crippen molar-refractivity contribution >= 4 is 22.8 Å². The average molecular weight is 303 g/mol. The molecule has 1 aromatic carbocycles. The maximum Gasteiger partial charge on any atom is 0.349 e. The number of carbonyl (C=O) groups excluding carboxylic acids is 1. The number of benzene rings is 1. The highest BCUT2D eigenvalue weighted by molar-refractivity contribution is 5.98. The van der Waals surface area contributed by atoms with Gasteiger partial charge in [0.2, 0.25) is 0 Å². The van der Waals surface area contributed by atoms with Gasteiger partial charge in [-0.25, -0.2) is 9.59 Å².